The van der Waals surface area contributed by atoms with Crippen LogP contribution >= 0.6 is 15.9 Å². The number of aromatic nitrogens is 4. The molecule has 0 unspecified atom stereocenters. The van der Waals surface area contributed by atoms with Crippen molar-refractivity contribution in [3.8, 4) is 45.3 Å². The van der Waals surface area contributed by atoms with E-state index in [2.05, 4.69) is 293 Å². The number of aryl methyl sites for hydroxylation is 4. The van der Waals surface area contributed by atoms with Crippen LogP contribution in [0.3, 0.4) is 0 Å². The van der Waals surface area contributed by atoms with E-state index in [1.54, 1.807) is 27.7 Å². The Kier molecular flexibility index (Phi) is 20.2. The predicted octanol–water partition coefficient (Wildman–Crippen LogP) is 21.0. The van der Waals surface area contributed by atoms with Gasteiger partial charge in [0.1, 0.15) is 19.5 Å². The van der Waals surface area contributed by atoms with Gasteiger partial charge in [0.25, 0.3) is 0 Å². The van der Waals surface area contributed by atoms with Gasteiger partial charge in [0, 0.05) is 61.1 Å². The Balaban J connectivity index is 0.000000146. The lowest BCUT2D eigenvalue weighted by Gasteiger charge is -2.31. The van der Waals surface area contributed by atoms with E-state index in [-0.39, 0.29) is 0 Å². The summed E-state index contributed by atoms with van der Waals surface area (Å²) in [5, 5.41) is 18.2. The summed E-state index contributed by atoms with van der Waals surface area (Å²) in [6.07, 6.45) is 0. The number of aliphatic hydroxyl groups is 2. The molecule has 14 aromatic rings. The first kappa shape index (κ1) is 65.1. The van der Waals surface area contributed by atoms with Gasteiger partial charge in [-0.25, -0.2) is 9.97 Å². The van der Waals surface area contributed by atoms with Gasteiger partial charge in [-0.05, 0) is 200 Å². The average molecular weight is 1290 g/mol. The van der Waals surface area contributed by atoms with Gasteiger partial charge in [0.05, 0.1) is 33.3 Å². The Bertz CT molecular complexity index is 4570. The number of nitrogens with zero attached hydrogens (tertiary/aromatic N) is 6. The number of rotatable bonds is 12. The van der Waals surface area contributed by atoms with Crippen molar-refractivity contribution in [1.82, 2.24) is 19.1 Å². The molecule has 12 aromatic carbocycles. The van der Waals surface area contributed by atoms with Crippen LogP contribution in [0.2, 0.25) is 0 Å². The van der Waals surface area contributed by atoms with Crippen LogP contribution in [0.15, 0.2) is 308 Å². The fraction of sp³-hybridized carbons (Fsp3) is 0.119. The summed E-state index contributed by atoms with van der Waals surface area (Å²) in [5.41, 5.74) is 21.5. The van der Waals surface area contributed by atoms with E-state index in [1.807, 2.05) is 72.8 Å². The number of para-hydroxylation sites is 6. The first-order chi connectivity index (χ1) is 45.3. The van der Waals surface area contributed by atoms with Gasteiger partial charge in [-0.15, -0.1) is 0 Å². The van der Waals surface area contributed by atoms with Crippen molar-refractivity contribution < 1.29 is 10.2 Å². The summed E-state index contributed by atoms with van der Waals surface area (Å²) in [7, 11) is 5.80. The second-order valence-corrected chi connectivity index (χ2v) is 25.5. The SMILES string of the molecule is CC(C)(O)C(C)(C)O.Cc1ccc(N(c2ccc(C)cc2)c2ccc(-c3ccc(-c4nc5ccccc5n4-c4ccccc4)cc3)cc2)cc1.Cc1ccc(N(c2ccc(C)cc2)c2ccc(Br)cc2)cc1.[B]c1ccc(-c2nc3ccccc3n2-c2ccccc2)cc1. The maximum absolute atomic E-state index is 9.10. The number of hydrogen-bond acceptors (Lipinski definition) is 6. The molecular weight excluding hydrogens is 1220 g/mol. The molecule has 0 aliphatic rings. The molecule has 0 aliphatic carbocycles. The van der Waals surface area contributed by atoms with Crippen LogP contribution in [-0.4, -0.2) is 48.4 Å². The highest BCUT2D eigenvalue weighted by Gasteiger charge is 2.32. The minimum absolute atomic E-state index is 0.756. The molecule has 0 atom stereocenters. The zero-order chi connectivity index (χ0) is 65.9. The number of hydrogen-bond donors (Lipinski definition) is 2. The van der Waals surface area contributed by atoms with Crippen molar-refractivity contribution in [2.45, 2.75) is 66.6 Å². The molecule has 464 valence electrons. The first-order valence-corrected chi connectivity index (χ1v) is 32.3. The quantitative estimate of drug-likeness (QED) is 0.119. The summed E-state index contributed by atoms with van der Waals surface area (Å²) in [6.45, 7) is 14.8. The molecule has 0 bridgehead atoms. The molecule has 0 saturated carbocycles. The lowest BCUT2D eigenvalue weighted by molar-refractivity contribution is -0.107. The van der Waals surface area contributed by atoms with Crippen molar-refractivity contribution in [3.05, 3.63) is 330 Å². The standard InChI is InChI=1S/C39H31N3.C20H18BrN.C19H13BN2.C6H14O2/c1-28-12-22-34(23-13-28)41(35-24-14-29(2)15-25-35)36-26-20-31(21-27-36)30-16-18-32(19-17-30)39-40-37-10-6-7-11-38(37)42(39)33-8-4-3-5-9-33;1-15-3-9-18(10-4-15)22(19-11-5-16(2)6-12-19)20-13-7-17(21)8-14-20;20-15-12-10-14(11-13-15)19-21-17-8-4-5-9-18(17)22(19)16-6-2-1-3-7-16;1-5(2,7)6(3,4)8/h3-27H,1-2H3;3-14H,1-2H3;1-13H;7-8H,1-4H3. The summed E-state index contributed by atoms with van der Waals surface area (Å²) in [5.74, 6) is 1.86. The maximum atomic E-state index is 9.10. The third-order valence-electron chi connectivity index (χ3n) is 16.7. The number of imidazole rings is 2. The van der Waals surface area contributed by atoms with Crippen LogP contribution in [0.1, 0.15) is 49.9 Å². The summed E-state index contributed by atoms with van der Waals surface area (Å²) < 4.78 is 5.51. The Morgan fingerprint density at radius 1 is 0.319 bits per heavy atom. The van der Waals surface area contributed by atoms with E-state index in [9.17, 15) is 0 Å². The molecule has 0 amide bonds. The highest BCUT2D eigenvalue weighted by Crippen LogP contribution is 2.39. The molecule has 8 nitrogen and oxygen atoms in total. The fourth-order valence-corrected chi connectivity index (χ4v) is 10.9. The normalized spacial score (nSPS) is 11.2. The molecule has 0 saturated heterocycles. The van der Waals surface area contributed by atoms with Crippen molar-refractivity contribution in [2.24, 2.45) is 0 Å². The second-order valence-electron chi connectivity index (χ2n) is 24.5. The van der Waals surface area contributed by atoms with E-state index in [1.165, 1.54) is 33.4 Å². The van der Waals surface area contributed by atoms with Crippen LogP contribution in [0.5, 0.6) is 0 Å². The van der Waals surface area contributed by atoms with Crippen LogP contribution in [0.25, 0.3) is 67.3 Å². The van der Waals surface area contributed by atoms with Gasteiger partial charge < -0.3 is 20.0 Å². The van der Waals surface area contributed by atoms with Crippen molar-refractivity contribution in [3.63, 3.8) is 0 Å². The number of halogens is 1. The molecular formula is C84H76BBrN6O2. The third-order valence-corrected chi connectivity index (χ3v) is 17.2. The third kappa shape index (κ3) is 15.6. The lowest BCUT2D eigenvalue weighted by atomic mass is 9.90. The summed E-state index contributed by atoms with van der Waals surface area (Å²) in [4.78, 5) is 14.4. The van der Waals surface area contributed by atoms with Crippen molar-refractivity contribution >= 4 is 85.4 Å². The monoisotopic (exact) mass is 1290 g/mol. The zero-order valence-electron chi connectivity index (χ0n) is 54.4. The highest BCUT2D eigenvalue weighted by molar-refractivity contribution is 9.10. The molecule has 94 heavy (non-hydrogen) atoms. The average Bonchev–Trinajstić information content (AvgIpc) is 1.58. The molecule has 0 spiro atoms. The summed E-state index contributed by atoms with van der Waals surface area (Å²) >= 11 is 3.51. The molecule has 2 aromatic heterocycles. The van der Waals surface area contributed by atoms with E-state index >= 15 is 0 Å². The fourth-order valence-electron chi connectivity index (χ4n) is 10.6. The Labute approximate surface area is 562 Å². The van der Waals surface area contributed by atoms with Crippen molar-refractivity contribution in [2.75, 3.05) is 9.80 Å². The van der Waals surface area contributed by atoms with Gasteiger partial charge in [-0.2, -0.15) is 0 Å². The van der Waals surface area contributed by atoms with Crippen LogP contribution < -0.4 is 15.3 Å². The lowest BCUT2D eigenvalue weighted by Crippen LogP contribution is -2.44. The Hall–Kier alpha value is -10.4. The smallest absolute Gasteiger partial charge is 0.145 e. The van der Waals surface area contributed by atoms with Crippen LogP contribution in [0, 0.1) is 27.7 Å². The predicted molar refractivity (Wildman–Crippen MR) is 399 cm³/mol. The first-order valence-electron chi connectivity index (χ1n) is 31.5. The molecule has 10 heteroatoms. The maximum Gasteiger partial charge on any atom is 0.145 e. The van der Waals surface area contributed by atoms with Gasteiger partial charge in [0.2, 0.25) is 0 Å². The molecule has 0 aliphatic heterocycles. The topological polar surface area (TPSA) is 82.6 Å². The van der Waals surface area contributed by atoms with Gasteiger partial charge >= 0.3 is 0 Å². The molecule has 2 heterocycles. The summed E-state index contributed by atoms with van der Waals surface area (Å²) in [6, 6.07) is 106. The van der Waals surface area contributed by atoms with Gasteiger partial charge in [-0.3, -0.25) is 9.13 Å². The van der Waals surface area contributed by atoms with Crippen molar-refractivity contribution in [1.29, 1.82) is 0 Å². The number of anilines is 6. The zero-order valence-corrected chi connectivity index (χ0v) is 56.0. The molecule has 14 rings (SSSR count). The molecule has 2 radical (unpaired) electrons. The Morgan fingerprint density at radius 2 is 0.574 bits per heavy atom. The highest BCUT2D eigenvalue weighted by atomic mass is 79.9. The number of benzene rings is 12. The van der Waals surface area contributed by atoms with Gasteiger partial charge in [-0.1, -0.05) is 214 Å². The van der Waals surface area contributed by atoms with Crippen LogP contribution in [0.4, 0.5) is 34.1 Å². The van der Waals surface area contributed by atoms with E-state index in [0.29, 0.717) is 0 Å². The van der Waals surface area contributed by atoms with E-state index in [0.717, 1.165) is 100 Å². The minimum Gasteiger partial charge on any atom is -0.387 e. The number of fused-ring (bicyclic) bond motifs is 2. The minimum atomic E-state index is -1.01. The van der Waals surface area contributed by atoms with E-state index < -0.39 is 11.2 Å². The second kappa shape index (κ2) is 29.1. The van der Waals surface area contributed by atoms with Crippen LogP contribution in [-0.2, 0) is 0 Å². The Morgan fingerprint density at radius 3 is 0.894 bits per heavy atom. The van der Waals surface area contributed by atoms with Gasteiger partial charge in [0.15, 0.2) is 0 Å². The molecule has 0 fully saturated rings. The largest absolute Gasteiger partial charge is 0.387 e. The molecule has 2 N–H and O–H groups in total. The van der Waals surface area contributed by atoms with E-state index in [4.69, 9.17) is 28.0 Å².